The van der Waals surface area contributed by atoms with Gasteiger partial charge >= 0.3 is 0 Å². The van der Waals surface area contributed by atoms with Gasteiger partial charge < -0.3 is 0 Å². The van der Waals surface area contributed by atoms with Gasteiger partial charge in [0, 0.05) is 0 Å². The van der Waals surface area contributed by atoms with Crippen molar-refractivity contribution in [3.8, 4) is 0 Å². The van der Waals surface area contributed by atoms with Gasteiger partial charge in [0.15, 0.2) is 5.78 Å². The average molecular weight is 186 g/mol. The molecule has 14 heavy (non-hydrogen) atoms. The second-order valence-electron chi connectivity index (χ2n) is 3.32. The predicted molar refractivity (Wildman–Crippen MR) is 59.9 cm³/mol. The third kappa shape index (κ3) is 2.70. The van der Waals surface area contributed by atoms with Crippen molar-refractivity contribution in [2.45, 2.75) is 13.8 Å². The second-order valence-corrected chi connectivity index (χ2v) is 3.32. The van der Waals surface area contributed by atoms with E-state index in [0.717, 1.165) is 16.7 Å². The summed E-state index contributed by atoms with van der Waals surface area (Å²) in [5.41, 5.74) is 2.86. The molecule has 1 rings (SSSR count). The largest absolute Gasteiger partial charge is 0.295 e. The van der Waals surface area contributed by atoms with Crippen LogP contribution in [0, 0.1) is 0 Å². The van der Waals surface area contributed by atoms with E-state index in [4.69, 9.17) is 0 Å². The lowest BCUT2D eigenvalue weighted by Gasteiger charge is -2.05. The molecule has 0 unspecified atom stereocenters. The Morgan fingerprint density at radius 1 is 1.21 bits per heavy atom. The molecule has 0 spiro atoms. The zero-order valence-corrected chi connectivity index (χ0v) is 8.58. The maximum atomic E-state index is 11.0. The van der Waals surface area contributed by atoms with Gasteiger partial charge in [0.25, 0.3) is 0 Å². The van der Waals surface area contributed by atoms with Gasteiger partial charge in [0.2, 0.25) is 0 Å². The third-order valence-corrected chi connectivity index (χ3v) is 1.89. The Kier molecular flexibility index (Phi) is 3.41. The summed E-state index contributed by atoms with van der Waals surface area (Å²) in [6, 6.07) is 9.80. The highest BCUT2D eigenvalue weighted by Crippen LogP contribution is 2.20. The Morgan fingerprint density at radius 3 is 2.21 bits per heavy atom. The van der Waals surface area contributed by atoms with Crippen LogP contribution in [0.4, 0.5) is 0 Å². The highest BCUT2D eigenvalue weighted by atomic mass is 16.1. The first-order chi connectivity index (χ1) is 6.61. The van der Waals surface area contributed by atoms with E-state index in [2.05, 4.69) is 6.58 Å². The van der Waals surface area contributed by atoms with Crippen LogP contribution in [0.25, 0.3) is 5.57 Å². The van der Waals surface area contributed by atoms with E-state index >= 15 is 0 Å². The first-order valence-corrected chi connectivity index (χ1v) is 4.55. The maximum absolute atomic E-state index is 11.0. The molecule has 72 valence electrons. The van der Waals surface area contributed by atoms with Crippen LogP contribution >= 0.6 is 0 Å². The lowest BCUT2D eigenvalue weighted by Crippen LogP contribution is -1.90. The maximum Gasteiger partial charge on any atom is 0.153 e. The van der Waals surface area contributed by atoms with E-state index in [-0.39, 0.29) is 5.78 Å². The van der Waals surface area contributed by atoms with Gasteiger partial charge in [0.1, 0.15) is 0 Å². The molecule has 1 aromatic carbocycles. The zero-order chi connectivity index (χ0) is 10.6. The van der Waals surface area contributed by atoms with Crippen molar-refractivity contribution in [3.63, 3.8) is 0 Å². The number of carbonyl (C=O) groups excluding carboxylic acids is 1. The molecule has 0 aliphatic heterocycles. The summed E-state index contributed by atoms with van der Waals surface area (Å²) in [7, 11) is 0. The van der Waals surface area contributed by atoms with E-state index in [9.17, 15) is 4.79 Å². The molecule has 0 radical (unpaired) electrons. The Labute approximate surface area is 84.8 Å². The number of hydrogen-bond acceptors (Lipinski definition) is 1. The molecule has 0 saturated carbocycles. The molecular weight excluding hydrogens is 172 g/mol. The van der Waals surface area contributed by atoms with Crippen molar-refractivity contribution in [2.24, 2.45) is 0 Å². The van der Waals surface area contributed by atoms with Crippen LogP contribution in [-0.2, 0) is 4.79 Å². The molecule has 0 fully saturated rings. The van der Waals surface area contributed by atoms with Crippen LogP contribution in [-0.4, -0.2) is 5.78 Å². The van der Waals surface area contributed by atoms with Gasteiger partial charge in [-0.2, -0.15) is 0 Å². The van der Waals surface area contributed by atoms with E-state index in [1.807, 2.05) is 37.3 Å². The highest BCUT2D eigenvalue weighted by Gasteiger charge is 2.02. The van der Waals surface area contributed by atoms with E-state index in [1.165, 1.54) is 0 Å². The highest BCUT2D eigenvalue weighted by molar-refractivity contribution is 5.98. The summed E-state index contributed by atoms with van der Waals surface area (Å²) >= 11 is 0. The van der Waals surface area contributed by atoms with Crippen molar-refractivity contribution >= 4 is 11.4 Å². The number of allylic oxidation sites excluding steroid dienone is 3. The van der Waals surface area contributed by atoms with Crippen LogP contribution in [0.3, 0.4) is 0 Å². The molecule has 0 saturated heterocycles. The SMILES string of the molecule is C=C(C)/C(=C/C(C)=O)c1ccccc1. The molecule has 1 nitrogen and oxygen atoms in total. The second kappa shape index (κ2) is 4.56. The molecule has 1 heteroatoms. The molecule has 1 aromatic rings. The third-order valence-electron chi connectivity index (χ3n) is 1.89. The first kappa shape index (κ1) is 10.5. The normalized spacial score (nSPS) is 11.1. The minimum atomic E-state index is 0.0480. The minimum absolute atomic E-state index is 0.0480. The molecule has 0 aliphatic carbocycles. The fraction of sp³-hybridized carbons (Fsp3) is 0.154. The standard InChI is InChI=1S/C13H14O/c1-10(2)13(9-11(3)14)12-7-5-4-6-8-12/h4-9H,1H2,2-3H3/b13-9-. The number of carbonyl (C=O) groups is 1. The predicted octanol–water partition coefficient (Wildman–Crippen LogP) is 3.24. The Hall–Kier alpha value is -1.63. The summed E-state index contributed by atoms with van der Waals surface area (Å²) in [5.74, 6) is 0.0480. The molecule has 0 aromatic heterocycles. The first-order valence-electron chi connectivity index (χ1n) is 4.55. The van der Waals surface area contributed by atoms with Crippen molar-refractivity contribution in [2.75, 3.05) is 0 Å². The van der Waals surface area contributed by atoms with Crippen LogP contribution < -0.4 is 0 Å². The lowest BCUT2D eigenvalue weighted by molar-refractivity contribution is -0.112. The van der Waals surface area contributed by atoms with Crippen molar-refractivity contribution in [3.05, 3.63) is 54.1 Å². The molecular formula is C13H14O. The minimum Gasteiger partial charge on any atom is -0.295 e. The van der Waals surface area contributed by atoms with Crippen LogP contribution in [0.15, 0.2) is 48.6 Å². The zero-order valence-electron chi connectivity index (χ0n) is 8.58. The van der Waals surface area contributed by atoms with Crippen LogP contribution in [0.1, 0.15) is 19.4 Å². The Bertz CT molecular complexity index is 371. The molecule has 0 N–H and O–H groups in total. The number of ketones is 1. The Morgan fingerprint density at radius 2 is 1.79 bits per heavy atom. The van der Waals surface area contributed by atoms with Gasteiger partial charge in [-0.3, -0.25) is 4.79 Å². The van der Waals surface area contributed by atoms with Crippen LogP contribution in [0.5, 0.6) is 0 Å². The summed E-state index contributed by atoms with van der Waals surface area (Å²) in [6.07, 6.45) is 1.62. The van der Waals surface area contributed by atoms with Gasteiger partial charge in [-0.15, -0.1) is 0 Å². The molecule has 0 heterocycles. The fourth-order valence-electron chi connectivity index (χ4n) is 1.27. The van der Waals surface area contributed by atoms with Gasteiger partial charge in [-0.1, -0.05) is 42.5 Å². The van der Waals surface area contributed by atoms with Crippen molar-refractivity contribution in [1.82, 2.24) is 0 Å². The molecule has 0 aliphatic rings. The quantitative estimate of drug-likeness (QED) is 0.523. The topological polar surface area (TPSA) is 17.1 Å². The van der Waals surface area contributed by atoms with Gasteiger partial charge in [-0.25, -0.2) is 0 Å². The lowest BCUT2D eigenvalue weighted by atomic mass is 9.99. The average Bonchev–Trinajstić information content (AvgIpc) is 2.15. The van der Waals surface area contributed by atoms with E-state index < -0.39 is 0 Å². The van der Waals surface area contributed by atoms with Crippen LogP contribution in [0.2, 0.25) is 0 Å². The number of benzene rings is 1. The molecule has 0 amide bonds. The summed E-state index contributed by atoms with van der Waals surface area (Å²) in [6.45, 7) is 7.32. The van der Waals surface area contributed by atoms with E-state index in [1.54, 1.807) is 13.0 Å². The number of rotatable bonds is 3. The monoisotopic (exact) mass is 186 g/mol. The van der Waals surface area contributed by atoms with Crippen molar-refractivity contribution < 1.29 is 4.79 Å². The number of hydrogen-bond donors (Lipinski definition) is 0. The summed E-state index contributed by atoms with van der Waals surface area (Å²) in [5, 5.41) is 0. The Balaban J connectivity index is 3.14. The van der Waals surface area contributed by atoms with Crippen molar-refractivity contribution in [1.29, 1.82) is 0 Å². The van der Waals surface area contributed by atoms with Gasteiger partial charge in [-0.05, 0) is 31.1 Å². The molecule has 0 atom stereocenters. The van der Waals surface area contributed by atoms with E-state index in [0.29, 0.717) is 0 Å². The summed E-state index contributed by atoms with van der Waals surface area (Å²) in [4.78, 5) is 11.0. The summed E-state index contributed by atoms with van der Waals surface area (Å²) < 4.78 is 0. The smallest absolute Gasteiger partial charge is 0.153 e. The fourth-order valence-corrected chi connectivity index (χ4v) is 1.27. The van der Waals surface area contributed by atoms with Gasteiger partial charge in [0.05, 0.1) is 0 Å². The molecule has 0 bridgehead atoms.